The minimum atomic E-state index is -0.437. The van der Waals surface area contributed by atoms with Crippen LogP contribution in [0, 0.1) is 5.41 Å². The number of fused-ring (bicyclic) bond motifs is 3. The Balaban J connectivity index is 0.890. The van der Waals surface area contributed by atoms with Gasteiger partial charge in [0.15, 0.2) is 10.8 Å². The molecule has 2 N–H and O–H groups in total. The lowest BCUT2D eigenvalue weighted by Crippen LogP contribution is -2.68. The topological polar surface area (TPSA) is 111 Å². The minimum Gasteiger partial charge on any atom is -0.507 e. The lowest BCUT2D eigenvalue weighted by atomic mass is 9.60. The van der Waals surface area contributed by atoms with Crippen LogP contribution in [0.2, 0.25) is 0 Å². The van der Waals surface area contributed by atoms with Gasteiger partial charge in [-0.2, -0.15) is 0 Å². The fourth-order valence-corrected chi connectivity index (χ4v) is 9.41. The number of aromatic hydroxyl groups is 1. The molecule has 4 aliphatic rings. The Morgan fingerprint density at radius 2 is 1.87 bits per heavy atom. The predicted octanol–water partition coefficient (Wildman–Crippen LogP) is 6.49. The first-order valence-electron chi connectivity index (χ1n) is 16.7. The van der Waals surface area contributed by atoms with Crippen LogP contribution in [0.1, 0.15) is 81.5 Å². The number of H-pyrrole nitrogens is 1. The predicted molar refractivity (Wildman–Crippen MR) is 179 cm³/mol. The zero-order valence-corrected chi connectivity index (χ0v) is 27.9. The SMILES string of the molecule is C[C@H]1c2c([nH]c3nnc(-c4ccccc4O)cc23)CCN1c1ncc(C2CCN(C3CC4(C3)CN(C(=O)OC(C)(C)C)C4)CC2)s1. The zero-order valence-electron chi connectivity index (χ0n) is 27.1. The standard InChI is InChI=1S/C35H43N7O3S/c1-21-30-25-15-27(24-7-5-6-8-28(24)43)38-39-31(25)37-26(30)11-14-42(21)32-36-18-29(46-32)22-9-12-40(13-10-22)23-16-35(17-23)19-41(20-35)33(44)45-34(2,3)4/h5-8,15,18,21-23,43H,9-14,16-17,19-20H2,1-4H3,(H,37,39)/t21-/m0/s1. The minimum absolute atomic E-state index is 0.142. The highest BCUT2D eigenvalue weighted by Gasteiger charge is 2.55. The molecule has 1 atom stereocenters. The van der Waals surface area contributed by atoms with Crippen molar-refractivity contribution >= 4 is 33.6 Å². The lowest BCUT2D eigenvalue weighted by Gasteiger charge is -2.61. The van der Waals surface area contributed by atoms with Crippen molar-refractivity contribution in [2.45, 2.75) is 83.4 Å². The first kappa shape index (κ1) is 29.7. The van der Waals surface area contributed by atoms with Crippen molar-refractivity contribution in [3.63, 3.8) is 0 Å². The van der Waals surface area contributed by atoms with E-state index in [9.17, 15) is 9.90 Å². The number of hydrogen-bond acceptors (Lipinski definition) is 9. The number of hydrogen-bond donors (Lipinski definition) is 2. The van der Waals surface area contributed by atoms with E-state index in [1.807, 2.05) is 55.2 Å². The Labute approximate surface area is 273 Å². The van der Waals surface area contributed by atoms with Crippen LogP contribution < -0.4 is 4.90 Å². The van der Waals surface area contributed by atoms with Crippen molar-refractivity contribution in [2.75, 3.05) is 37.6 Å². The van der Waals surface area contributed by atoms with Gasteiger partial charge in [-0.15, -0.1) is 21.5 Å². The number of likely N-dealkylation sites (tertiary alicyclic amines) is 2. The molecule has 3 fully saturated rings. The molecule has 8 rings (SSSR count). The van der Waals surface area contributed by atoms with Gasteiger partial charge in [0.1, 0.15) is 11.4 Å². The maximum Gasteiger partial charge on any atom is 0.410 e. The fraction of sp³-hybridized carbons (Fsp3) is 0.543. The smallest absolute Gasteiger partial charge is 0.410 e. The number of ether oxygens (including phenoxy) is 1. The number of thiazole rings is 1. The van der Waals surface area contributed by atoms with Crippen LogP contribution in [0.4, 0.5) is 9.93 Å². The monoisotopic (exact) mass is 641 g/mol. The van der Waals surface area contributed by atoms with Crippen LogP contribution in [-0.4, -0.2) is 85.5 Å². The molecule has 11 heteroatoms. The van der Waals surface area contributed by atoms with E-state index >= 15 is 0 Å². The molecule has 2 saturated heterocycles. The number of nitrogens with one attached hydrogen (secondary N) is 1. The molecule has 0 unspecified atom stereocenters. The van der Waals surface area contributed by atoms with Crippen LogP contribution in [-0.2, 0) is 11.2 Å². The third-order valence-corrected chi connectivity index (χ3v) is 11.8. The molecule has 10 nitrogen and oxygen atoms in total. The summed E-state index contributed by atoms with van der Waals surface area (Å²) in [5, 5.41) is 21.5. The molecular formula is C35H43N7O3S. The van der Waals surface area contributed by atoms with E-state index in [1.165, 1.54) is 41.8 Å². The highest BCUT2D eigenvalue weighted by molar-refractivity contribution is 7.15. The summed E-state index contributed by atoms with van der Waals surface area (Å²) in [4.78, 5) is 29.3. The molecule has 1 aliphatic carbocycles. The summed E-state index contributed by atoms with van der Waals surface area (Å²) in [6.45, 7) is 12.9. The number of carbonyl (C=O) groups excluding carboxylic acids is 1. The quantitative estimate of drug-likeness (QED) is 0.260. The maximum absolute atomic E-state index is 12.4. The zero-order chi connectivity index (χ0) is 31.8. The van der Waals surface area contributed by atoms with Gasteiger partial charge < -0.3 is 29.5 Å². The second-order valence-corrected chi connectivity index (χ2v) is 15.9. The number of anilines is 1. The van der Waals surface area contributed by atoms with Gasteiger partial charge in [-0.05, 0) is 90.6 Å². The van der Waals surface area contributed by atoms with Gasteiger partial charge in [-0.3, -0.25) is 0 Å². The molecule has 1 saturated carbocycles. The van der Waals surface area contributed by atoms with Crippen molar-refractivity contribution < 1.29 is 14.6 Å². The molecule has 4 aromatic rings. The third-order valence-electron chi connectivity index (χ3n) is 10.6. The van der Waals surface area contributed by atoms with Gasteiger partial charge in [0.25, 0.3) is 0 Å². The highest BCUT2D eigenvalue weighted by Crippen LogP contribution is 2.51. The van der Waals surface area contributed by atoms with E-state index in [0.717, 1.165) is 55.3 Å². The van der Waals surface area contributed by atoms with Crippen molar-refractivity contribution in [1.29, 1.82) is 0 Å². The number of aromatic nitrogens is 4. The number of amides is 1. The van der Waals surface area contributed by atoms with Crippen LogP contribution in [0.5, 0.6) is 5.75 Å². The Morgan fingerprint density at radius 3 is 2.61 bits per heavy atom. The number of aromatic amines is 1. The number of carbonyl (C=O) groups is 1. The fourth-order valence-electron chi connectivity index (χ4n) is 8.22. The van der Waals surface area contributed by atoms with E-state index in [2.05, 4.69) is 44.2 Å². The summed E-state index contributed by atoms with van der Waals surface area (Å²) in [6, 6.07) is 10.1. The van der Waals surface area contributed by atoms with Gasteiger partial charge in [0.2, 0.25) is 0 Å². The number of piperidine rings is 1. The van der Waals surface area contributed by atoms with Crippen molar-refractivity contribution in [3.05, 3.63) is 52.7 Å². The largest absolute Gasteiger partial charge is 0.507 e. The highest BCUT2D eigenvalue weighted by atomic mass is 32.1. The molecule has 1 aromatic carbocycles. The molecular weight excluding hydrogens is 598 g/mol. The molecule has 0 radical (unpaired) electrons. The second kappa shape index (κ2) is 10.9. The van der Waals surface area contributed by atoms with Crippen molar-refractivity contribution in [2.24, 2.45) is 5.41 Å². The Bertz CT molecular complexity index is 1770. The number of nitrogens with zero attached hydrogens (tertiary/aromatic N) is 6. The Hall–Kier alpha value is -3.70. The van der Waals surface area contributed by atoms with E-state index in [-0.39, 0.29) is 17.9 Å². The average molecular weight is 642 g/mol. The number of para-hydroxylation sites is 1. The van der Waals surface area contributed by atoms with E-state index in [1.54, 1.807) is 6.07 Å². The van der Waals surface area contributed by atoms with E-state index in [0.29, 0.717) is 28.6 Å². The van der Waals surface area contributed by atoms with Crippen molar-refractivity contribution in [1.82, 2.24) is 30.0 Å². The Kier molecular flexibility index (Phi) is 7.06. The van der Waals surface area contributed by atoms with Crippen LogP contribution in [0.25, 0.3) is 22.3 Å². The van der Waals surface area contributed by atoms with Crippen LogP contribution in [0.3, 0.4) is 0 Å². The van der Waals surface area contributed by atoms with Crippen LogP contribution in [0.15, 0.2) is 36.5 Å². The van der Waals surface area contributed by atoms with Gasteiger partial charge in [0.05, 0.1) is 11.7 Å². The van der Waals surface area contributed by atoms with Gasteiger partial charge in [-0.25, -0.2) is 9.78 Å². The molecule has 1 spiro atoms. The third kappa shape index (κ3) is 5.21. The molecule has 0 bridgehead atoms. The molecule has 3 aromatic heterocycles. The molecule has 46 heavy (non-hydrogen) atoms. The summed E-state index contributed by atoms with van der Waals surface area (Å²) in [7, 11) is 0. The van der Waals surface area contributed by atoms with Crippen LogP contribution >= 0.6 is 11.3 Å². The molecule has 242 valence electrons. The Morgan fingerprint density at radius 1 is 1.11 bits per heavy atom. The van der Waals surface area contributed by atoms with Gasteiger partial charge >= 0.3 is 6.09 Å². The summed E-state index contributed by atoms with van der Waals surface area (Å²) in [6.07, 6.45) is 7.59. The number of phenolic OH excluding ortho intramolecular Hbond substituents is 1. The maximum atomic E-state index is 12.4. The summed E-state index contributed by atoms with van der Waals surface area (Å²) in [5.74, 6) is 0.765. The lowest BCUT2D eigenvalue weighted by molar-refractivity contribution is -0.110. The first-order chi connectivity index (χ1) is 22.1. The normalized spacial score (nSPS) is 22.1. The van der Waals surface area contributed by atoms with Gasteiger partial charge in [-0.1, -0.05) is 12.1 Å². The molecule has 1 amide bonds. The molecule has 3 aliphatic heterocycles. The first-order valence-corrected chi connectivity index (χ1v) is 17.5. The number of phenols is 1. The second-order valence-electron chi connectivity index (χ2n) is 14.9. The summed E-state index contributed by atoms with van der Waals surface area (Å²) >= 11 is 1.86. The molecule has 6 heterocycles. The van der Waals surface area contributed by atoms with Gasteiger partial charge in [0, 0.05) is 70.8 Å². The van der Waals surface area contributed by atoms with E-state index < -0.39 is 5.60 Å². The number of benzene rings is 1. The summed E-state index contributed by atoms with van der Waals surface area (Å²) in [5.41, 5.74) is 4.49. The number of rotatable bonds is 4. The van der Waals surface area contributed by atoms with Crippen molar-refractivity contribution in [3.8, 4) is 17.0 Å². The van der Waals surface area contributed by atoms with E-state index in [4.69, 9.17) is 9.72 Å². The summed E-state index contributed by atoms with van der Waals surface area (Å²) < 4.78 is 5.55. The average Bonchev–Trinajstić information content (AvgIpc) is 3.61.